The number of fused-ring (bicyclic) bond motifs is 1. The first-order valence-corrected chi connectivity index (χ1v) is 11.3. The highest BCUT2D eigenvalue weighted by Gasteiger charge is 2.30. The topological polar surface area (TPSA) is 67.0 Å². The van der Waals surface area contributed by atoms with Crippen molar-refractivity contribution in [2.45, 2.75) is 37.6 Å². The molecular weight excluding hydrogens is 398 g/mol. The van der Waals surface area contributed by atoms with Crippen molar-refractivity contribution in [1.29, 1.82) is 0 Å². The standard InChI is InChI=1S/C22H23N5O2S/c1-26-12-15(11-24-26)20-10-17-22(30-20)18(4-7-23-17)29-19-13-27(16-2-3-16)25-21(19)14-5-8-28-9-6-14/h4,7,10-14,16H,2-3,5-6,8-9H2,1H3. The Morgan fingerprint density at radius 1 is 1.13 bits per heavy atom. The largest absolute Gasteiger partial charge is 0.452 e. The average molecular weight is 422 g/mol. The summed E-state index contributed by atoms with van der Waals surface area (Å²) >= 11 is 1.69. The van der Waals surface area contributed by atoms with Crippen molar-refractivity contribution in [3.63, 3.8) is 0 Å². The van der Waals surface area contributed by atoms with Crippen LogP contribution in [0.2, 0.25) is 0 Å². The summed E-state index contributed by atoms with van der Waals surface area (Å²) in [5, 5.41) is 9.23. The first-order valence-electron chi connectivity index (χ1n) is 10.5. The number of aryl methyl sites for hydroxylation is 1. The molecule has 6 rings (SSSR count). The summed E-state index contributed by atoms with van der Waals surface area (Å²) in [4.78, 5) is 5.70. The van der Waals surface area contributed by atoms with Crippen LogP contribution in [0, 0.1) is 0 Å². The molecule has 0 radical (unpaired) electrons. The minimum atomic E-state index is 0.389. The highest BCUT2D eigenvalue weighted by Crippen LogP contribution is 2.43. The van der Waals surface area contributed by atoms with Crippen LogP contribution in [0.15, 0.2) is 36.9 Å². The molecule has 1 saturated heterocycles. The van der Waals surface area contributed by atoms with E-state index < -0.39 is 0 Å². The number of aromatic nitrogens is 5. The molecule has 0 atom stereocenters. The van der Waals surface area contributed by atoms with Gasteiger partial charge in [0.2, 0.25) is 0 Å². The Kier molecular flexibility index (Phi) is 4.35. The Hall–Kier alpha value is -2.71. The van der Waals surface area contributed by atoms with Crippen LogP contribution in [0.5, 0.6) is 11.5 Å². The maximum absolute atomic E-state index is 6.51. The van der Waals surface area contributed by atoms with Crippen LogP contribution in [0.3, 0.4) is 0 Å². The van der Waals surface area contributed by atoms with Gasteiger partial charge < -0.3 is 9.47 Å². The lowest BCUT2D eigenvalue weighted by molar-refractivity contribution is 0.0839. The zero-order valence-corrected chi connectivity index (χ0v) is 17.6. The van der Waals surface area contributed by atoms with E-state index in [0.717, 1.165) is 63.9 Å². The van der Waals surface area contributed by atoms with Gasteiger partial charge in [-0.1, -0.05) is 0 Å². The minimum absolute atomic E-state index is 0.389. The number of hydrogen-bond acceptors (Lipinski definition) is 6. The maximum Gasteiger partial charge on any atom is 0.168 e. The van der Waals surface area contributed by atoms with Crippen LogP contribution >= 0.6 is 11.3 Å². The molecule has 1 saturated carbocycles. The van der Waals surface area contributed by atoms with E-state index in [1.54, 1.807) is 11.3 Å². The molecule has 8 heteroatoms. The summed E-state index contributed by atoms with van der Waals surface area (Å²) in [5.41, 5.74) is 3.11. The van der Waals surface area contributed by atoms with E-state index in [0.29, 0.717) is 12.0 Å². The van der Waals surface area contributed by atoms with E-state index in [2.05, 4.69) is 27.0 Å². The fourth-order valence-corrected chi connectivity index (χ4v) is 5.09. The maximum atomic E-state index is 6.51. The molecule has 154 valence electrons. The Balaban J connectivity index is 1.38. The third kappa shape index (κ3) is 3.30. The lowest BCUT2D eigenvalue weighted by atomic mass is 9.96. The number of thiophene rings is 1. The van der Waals surface area contributed by atoms with Crippen molar-refractivity contribution < 1.29 is 9.47 Å². The fourth-order valence-electron chi connectivity index (χ4n) is 4.05. The Morgan fingerprint density at radius 2 is 2.00 bits per heavy atom. The van der Waals surface area contributed by atoms with Crippen LogP contribution in [-0.4, -0.2) is 37.8 Å². The minimum Gasteiger partial charge on any atom is -0.452 e. The monoisotopic (exact) mass is 421 g/mol. The van der Waals surface area contributed by atoms with Gasteiger partial charge in [-0.15, -0.1) is 11.3 Å². The number of ether oxygens (including phenoxy) is 2. The summed E-state index contributed by atoms with van der Waals surface area (Å²) < 4.78 is 17.0. The third-order valence-electron chi connectivity index (χ3n) is 5.84. The second-order valence-corrected chi connectivity index (χ2v) is 9.17. The molecule has 7 nitrogen and oxygen atoms in total. The average Bonchev–Trinajstić information content (AvgIpc) is 3.17. The fraction of sp³-hybridized carbons (Fsp3) is 0.409. The van der Waals surface area contributed by atoms with Gasteiger partial charge >= 0.3 is 0 Å². The van der Waals surface area contributed by atoms with Crippen molar-refractivity contribution >= 4 is 21.6 Å². The predicted octanol–water partition coefficient (Wildman–Crippen LogP) is 4.91. The number of pyridine rings is 1. The Labute approximate surface area is 178 Å². The normalized spacial score (nSPS) is 17.6. The van der Waals surface area contributed by atoms with Crippen molar-refractivity contribution in [2.75, 3.05) is 13.2 Å². The van der Waals surface area contributed by atoms with Crippen molar-refractivity contribution in [1.82, 2.24) is 24.5 Å². The van der Waals surface area contributed by atoms with E-state index in [1.807, 2.05) is 36.4 Å². The lowest BCUT2D eigenvalue weighted by Crippen LogP contribution is -2.15. The smallest absolute Gasteiger partial charge is 0.168 e. The van der Waals surface area contributed by atoms with Crippen LogP contribution in [-0.2, 0) is 11.8 Å². The molecule has 0 N–H and O–H groups in total. The number of hydrogen-bond donors (Lipinski definition) is 0. The second-order valence-electron chi connectivity index (χ2n) is 8.12. The highest BCUT2D eigenvalue weighted by molar-refractivity contribution is 7.22. The molecule has 0 aromatic carbocycles. The first-order chi connectivity index (χ1) is 14.7. The van der Waals surface area contributed by atoms with Gasteiger partial charge in [-0.25, -0.2) is 0 Å². The zero-order valence-electron chi connectivity index (χ0n) is 16.8. The predicted molar refractivity (Wildman–Crippen MR) is 115 cm³/mol. The summed E-state index contributed by atoms with van der Waals surface area (Å²) in [6, 6.07) is 4.59. The van der Waals surface area contributed by atoms with E-state index in [1.165, 1.54) is 12.8 Å². The molecule has 0 bridgehead atoms. The van der Waals surface area contributed by atoms with Gasteiger partial charge in [0.05, 0.1) is 28.7 Å². The first kappa shape index (κ1) is 18.1. The Morgan fingerprint density at radius 3 is 2.77 bits per heavy atom. The van der Waals surface area contributed by atoms with Crippen molar-refractivity contribution in [2.24, 2.45) is 7.05 Å². The molecule has 5 heterocycles. The van der Waals surface area contributed by atoms with Gasteiger partial charge in [0, 0.05) is 55.1 Å². The van der Waals surface area contributed by atoms with E-state index in [-0.39, 0.29) is 0 Å². The van der Waals surface area contributed by atoms with Gasteiger partial charge in [0.15, 0.2) is 5.75 Å². The van der Waals surface area contributed by atoms with Crippen molar-refractivity contribution in [3.8, 4) is 21.9 Å². The van der Waals surface area contributed by atoms with Crippen LogP contribution in [0.25, 0.3) is 20.7 Å². The molecular formula is C22H23N5O2S. The van der Waals surface area contributed by atoms with E-state index >= 15 is 0 Å². The zero-order chi connectivity index (χ0) is 20.1. The van der Waals surface area contributed by atoms with Crippen LogP contribution in [0.1, 0.15) is 43.3 Å². The van der Waals surface area contributed by atoms with Crippen LogP contribution in [0.4, 0.5) is 0 Å². The van der Waals surface area contributed by atoms with Gasteiger partial charge in [0.25, 0.3) is 0 Å². The van der Waals surface area contributed by atoms with Crippen LogP contribution < -0.4 is 4.74 Å². The molecule has 0 spiro atoms. The summed E-state index contributed by atoms with van der Waals surface area (Å²) in [6.45, 7) is 1.58. The Bertz CT molecular complexity index is 1200. The molecule has 4 aromatic rings. The van der Waals surface area contributed by atoms with E-state index in [4.69, 9.17) is 14.6 Å². The molecule has 4 aromatic heterocycles. The molecule has 2 aliphatic rings. The van der Waals surface area contributed by atoms with Gasteiger partial charge in [-0.3, -0.25) is 14.3 Å². The molecule has 0 amide bonds. The second kappa shape index (κ2) is 7.21. The summed E-state index contributed by atoms with van der Waals surface area (Å²) in [6.07, 6.45) is 12.2. The lowest BCUT2D eigenvalue weighted by Gasteiger charge is -2.21. The number of nitrogens with zero attached hydrogens (tertiary/aromatic N) is 5. The van der Waals surface area contributed by atoms with Gasteiger partial charge in [0.1, 0.15) is 11.4 Å². The van der Waals surface area contributed by atoms with E-state index in [9.17, 15) is 0 Å². The summed E-state index contributed by atoms with van der Waals surface area (Å²) in [5.74, 6) is 2.10. The SMILES string of the molecule is Cn1cc(-c2cc3nccc(Oc4cn(C5CC5)nc4C4CCOCC4)c3s2)cn1. The molecule has 1 aliphatic heterocycles. The third-order valence-corrected chi connectivity index (χ3v) is 7.03. The quantitative estimate of drug-likeness (QED) is 0.458. The number of rotatable bonds is 5. The summed E-state index contributed by atoms with van der Waals surface area (Å²) in [7, 11) is 1.93. The molecule has 2 fully saturated rings. The van der Waals surface area contributed by atoms with Gasteiger partial charge in [-0.05, 0) is 31.7 Å². The van der Waals surface area contributed by atoms with Gasteiger partial charge in [-0.2, -0.15) is 10.2 Å². The molecule has 0 unspecified atom stereocenters. The van der Waals surface area contributed by atoms with Crippen molar-refractivity contribution in [3.05, 3.63) is 42.6 Å². The molecule has 30 heavy (non-hydrogen) atoms. The highest BCUT2D eigenvalue weighted by atomic mass is 32.1. The molecule has 1 aliphatic carbocycles.